The predicted octanol–water partition coefficient (Wildman–Crippen LogP) is 2.96. The average Bonchev–Trinajstić information content (AvgIpc) is 3.10. The molecule has 0 bridgehead atoms. The van der Waals surface area contributed by atoms with Crippen molar-refractivity contribution in [2.24, 2.45) is 0 Å². The van der Waals surface area contributed by atoms with E-state index < -0.39 is 17.0 Å². The van der Waals surface area contributed by atoms with Crippen LogP contribution < -0.4 is 16.0 Å². The van der Waals surface area contributed by atoms with E-state index in [0.29, 0.717) is 28.1 Å². The van der Waals surface area contributed by atoms with Crippen molar-refractivity contribution >= 4 is 16.7 Å². The van der Waals surface area contributed by atoms with Crippen LogP contribution in [0.15, 0.2) is 47.5 Å². The SMILES string of the molecule is Cc1cccc(F)c1-n1cc(-c2ccc(OCC(C)(C)O)cn2)c2[nH]nc(N)c2c1=O. The minimum Gasteiger partial charge on any atom is -0.489 e. The second kappa shape index (κ2) is 7.51. The second-order valence-electron chi connectivity index (χ2n) is 7.96. The van der Waals surface area contributed by atoms with Crippen LogP contribution in [0.5, 0.6) is 5.75 Å². The number of nitrogens with zero attached hydrogens (tertiary/aromatic N) is 3. The molecule has 4 N–H and O–H groups in total. The molecular weight excluding hydrogens is 401 g/mol. The number of nitrogens with two attached hydrogens (primary N) is 1. The Hall–Kier alpha value is -3.72. The number of anilines is 1. The number of nitrogens with one attached hydrogen (secondary N) is 1. The van der Waals surface area contributed by atoms with Gasteiger partial charge in [0.1, 0.15) is 23.6 Å². The lowest BCUT2D eigenvalue weighted by Crippen LogP contribution is -2.27. The third-order valence-corrected chi connectivity index (χ3v) is 4.79. The molecular formula is C22H22FN5O3. The van der Waals surface area contributed by atoms with Gasteiger partial charge < -0.3 is 15.6 Å². The number of H-pyrrole nitrogens is 1. The molecule has 0 fully saturated rings. The van der Waals surface area contributed by atoms with Gasteiger partial charge in [0.15, 0.2) is 5.82 Å². The molecule has 31 heavy (non-hydrogen) atoms. The number of aryl methyl sites for hydroxylation is 1. The van der Waals surface area contributed by atoms with Gasteiger partial charge in [-0.2, -0.15) is 5.10 Å². The summed E-state index contributed by atoms with van der Waals surface area (Å²) in [6, 6.07) is 8.00. The number of aromatic nitrogens is 4. The van der Waals surface area contributed by atoms with Gasteiger partial charge >= 0.3 is 0 Å². The molecule has 1 aromatic carbocycles. The topological polar surface area (TPSA) is 119 Å². The summed E-state index contributed by atoms with van der Waals surface area (Å²) in [5.74, 6) is -0.0305. The van der Waals surface area contributed by atoms with Crippen molar-refractivity contribution in [1.29, 1.82) is 0 Å². The molecule has 0 saturated carbocycles. The van der Waals surface area contributed by atoms with Crippen molar-refractivity contribution in [3.8, 4) is 22.7 Å². The zero-order valence-corrected chi connectivity index (χ0v) is 17.3. The summed E-state index contributed by atoms with van der Waals surface area (Å²) in [5, 5.41) is 16.7. The number of hydrogen-bond donors (Lipinski definition) is 3. The van der Waals surface area contributed by atoms with Crippen LogP contribution in [0.25, 0.3) is 27.8 Å². The fraction of sp³-hybridized carbons (Fsp3) is 0.227. The minimum absolute atomic E-state index is 0.0229. The molecule has 3 heterocycles. The third kappa shape index (κ3) is 3.87. The predicted molar refractivity (Wildman–Crippen MR) is 116 cm³/mol. The van der Waals surface area contributed by atoms with E-state index in [1.807, 2.05) is 0 Å². The highest BCUT2D eigenvalue weighted by Crippen LogP contribution is 2.29. The second-order valence-corrected chi connectivity index (χ2v) is 7.96. The quantitative estimate of drug-likeness (QED) is 0.454. The standard InChI is InChI=1S/C22H22FN5O3/c1-12-5-4-6-15(23)19(12)28-10-14(18-17(21(28)29)20(24)27-26-18)16-8-7-13(9-25-16)31-11-22(2,3)30/h4-10,30H,11H2,1-3H3,(H3,24,26,27). The van der Waals surface area contributed by atoms with Crippen LogP contribution in [0, 0.1) is 12.7 Å². The van der Waals surface area contributed by atoms with E-state index in [4.69, 9.17) is 10.5 Å². The number of rotatable bonds is 5. The molecule has 8 nitrogen and oxygen atoms in total. The molecule has 160 valence electrons. The molecule has 0 atom stereocenters. The lowest BCUT2D eigenvalue weighted by Gasteiger charge is -2.17. The van der Waals surface area contributed by atoms with Crippen molar-refractivity contribution in [3.63, 3.8) is 0 Å². The normalized spacial score (nSPS) is 11.8. The number of hydrogen-bond acceptors (Lipinski definition) is 6. The molecule has 4 rings (SSSR count). The maximum Gasteiger partial charge on any atom is 0.268 e. The molecule has 4 aromatic rings. The number of nitrogen functional groups attached to an aromatic ring is 1. The lowest BCUT2D eigenvalue weighted by atomic mass is 10.1. The maximum atomic E-state index is 14.6. The number of aromatic amines is 1. The number of pyridine rings is 2. The zero-order valence-electron chi connectivity index (χ0n) is 17.3. The Morgan fingerprint density at radius 1 is 1.29 bits per heavy atom. The number of aliphatic hydroxyl groups is 1. The Balaban J connectivity index is 1.87. The van der Waals surface area contributed by atoms with Crippen LogP contribution in [0.2, 0.25) is 0 Å². The van der Waals surface area contributed by atoms with E-state index in [-0.39, 0.29) is 23.5 Å². The van der Waals surface area contributed by atoms with Gasteiger partial charge in [-0.1, -0.05) is 12.1 Å². The van der Waals surface area contributed by atoms with Crippen molar-refractivity contribution in [2.75, 3.05) is 12.3 Å². The Labute approximate surface area is 177 Å². The maximum absolute atomic E-state index is 14.6. The summed E-state index contributed by atoms with van der Waals surface area (Å²) in [4.78, 5) is 17.5. The van der Waals surface area contributed by atoms with Gasteiger partial charge in [0, 0.05) is 11.8 Å². The van der Waals surface area contributed by atoms with Crippen molar-refractivity contribution in [2.45, 2.75) is 26.4 Å². The molecule has 0 radical (unpaired) electrons. The lowest BCUT2D eigenvalue weighted by molar-refractivity contribution is 0.0284. The number of fused-ring (bicyclic) bond motifs is 1. The van der Waals surface area contributed by atoms with E-state index in [2.05, 4.69) is 15.2 Å². The number of benzene rings is 1. The molecule has 0 spiro atoms. The first kappa shape index (κ1) is 20.5. The van der Waals surface area contributed by atoms with Crippen LogP contribution in [0.4, 0.5) is 10.2 Å². The molecule has 9 heteroatoms. The monoisotopic (exact) mass is 423 g/mol. The Kier molecular flexibility index (Phi) is 4.98. The van der Waals surface area contributed by atoms with E-state index in [1.54, 1.807) is 45.0 Å². The molecule has 0 amide bonds. The minimum atomic E-state index is -0.981. The van der Waals surface area contributed by atoms with Crippen LogP contribution in [0.3, 0.4) is 0 Å². The highest BCUT2D eigenvalue weighted by atomic mass is 19.1. The molecule has 0 aliphatic heterocycles. The Morgan fingerprint density at radius 3 is 2.71 bits per heavy atom. The van der Waals surface area contributed by atoms with Crippen molar-refractivity contribution < 1.29 is 14.2 Å². The molecule has 0 saturated heterocycles. The van der Waals surface area contributed by atoms with Gasteiger partial charge in [-0.05, 0) is 44.5 Å². The first-order valence-corrected chi connectivity index (χ1v) is 9.62. The summed E-state index contributed by atoms with van der Waals surface area (Å²) >= 11 is 0. The van der Waals surface area contributed by atoms with Crippen molar-refractivity contribution in [3.05, 3.63) is 64.5 Å². The highest BCUT2D eigenvalue weighted by molar-refractivity contribution is 5.97. The van der Waals surface area contributed by atoms with Gasteiger partial charge in [0.25, 0.3) is 5.56 Å². The fourth-order valence-corrected chi connectivity index (χ4v) is 3.31. The summed E-state index contributed by atoms with van der Waals surface area (Å²) in [6.45, 7) is 5.11. The van der Waals surface area contributed by atoms with Gasteiger partial charge in [0.2, 0.25) is 0 Å². The zero-order chi connectivity index (χ0) is 22.3. The van der Waals surface area contributed by atoms with E-state index in [1.165, 1.54) is 23.0 Å². The summed E-state index contributed by atoms with van der Waals surface area (Å²) in [6.07, 6.45) is 3.03. The molecule has 0 unspecified atom stereocenters. The van der Waals surface area contributed by atoms with E-state index >= 15 is 0 Å². The van der Waals surface area contributed by atoms with Crippen LogP contribution in [-0.4, -0.2) is 37.1 Å². The summed E-state index contributed by atoms with van der Waals surface area (Å²) < 4.78 is 21.4. The molecule has 0 aliphatic carbocycles. The van der Waals surface area contributed by atoms with Crippen LogP contribution in [-0.2, 0) is 0 Å². The largest absolute Gasteiger partial charge is 0.489 e. The van der Waals surface area contributed by atoms with Gasteiger partial charge in [-0.15, -0.1) is 0 Å². The molecule has 3 aromatic heterocycles. The van der Waals surface area contributed by atoms with Crippen LogP contribution in [0.1, 0.15) is 19.4 Å². The van der Waals surface area contributed by atoms with Crippen molar-refractivity contribution in [1.82, 2.24) is 19.7 Å². The highest BCUT2D eigenvalue weighted by Gasteiger charge is 2.20. The number of ether oxygens (including phenoxy) is 1. The summed E-state index contributed by atoms with van der Waals surface area (Å²) in [5.41, 5.74) is 6.65. The Bertz CT molecular complexity index is 1300. The fourth-order valence-electron chi connectivity index (χ4n) is 3.31. The first-order valence-electron chi connectivity index (χ1n) is 9.62. The number of halogens is 1. The Morgan fingerprint density at radius 2 is 2.06 bits per heavy atom. The van der Waals surface area contributed by atoms with Gasteiger partial charge in [0.05, 0.1) is 28.7 Å². The smallest absolute Gasteiger partial charge is 0.268 e. The first-order chi connectivity index (χ1) is 14.7. The van der Waals surface area contributed by atoms with E-state index in [9.17, 15) is 14.3 Å². The van der Waals surface area contributed by atoms with Crippen LogP contribution >= 0.6 is 0 Å². The summed E-state index contributed by atoms with van der Waals surface area (Å²) in [7, 11) is 0. The van der Waals surface area contributed by atoms with E-state index in [0.717, 1.165) is 0 Å². The average molecular weight is 423 g/mol. The van der Waals surface area contributed by atoms with Gasteiger partial charge in [-0.3, -0.25) is 19.4 Å². The molecule has 0 aliphatic rings. The third-order valence-electron chi connectivity index (χ3n) is 4.79. The number of para-hydroxylation sites is 1. The van der Waals surface area contributed by atoms with Gasteiger partial charge in [-0.25, -0.2) is 4.39 Å².